The summed E-state index contributed by atoms with van der Waals surface area (Å²) in [7, 11) is 4.10. The fourth-order valence-corrected chi connectivity index (χ4v) is 3.84. The van der Waals surface area contributed by atoms with Crippen molar-refractivity contribution < 1.29 is 4.79 Å². The van der Waals surface area contributed by atoms with Crippen LogP contribution in [0.5, 0.6) is 0 Å². The van der Waals surface area contributed by atoms with Gasteiger partial charge in [-0.05, 0) is 82.6 Å². The van der Waals surface area contributed by atoms with E-state index in [2.05, 4.69) is 45.4 Å². The van der Waals surface area contributed by atoms with Crippen LogP contribution in [0.4, 0.5) is 5.95 Å². The number of rotatable bonds is 7. The first-order chi connectivity index (χ1) is 14.7. The van der Waals surface area contributed by atoms with Gasteiger partial charge in [0.1, 0.15) is 5.69 Å². The average molecular weight is 419 g/mol. The second-order valence-electron chi connectivity index (χ2n) is 9.35. The fraction of sp³-hybridized carbons (Fsp3) is 0.417. The first kappa shape index (κ1) is 21.2. The topological polar surface area (TPSA) is 83.0 Å². The molecule has 1 saturated carbocycles. The van der Waals surface area contributed by atoms with Gasteiger partial charge in [0.15, 0.2) is 0 Å². The number of aromatic nitrogens is 3. The molecule has 0 bridgehead atoms. The van der Waals surface area contributed by atoms with E-state index in [1.807, 2.05) is 45.4 Å². The van der Waals surface area contributed by atoms with Crippen LogP contribution in [0, 0.1) is 6.92 Å². The third kappa shape index (κ3) is 5.17. The number of likely N-dealkylation sites (N-methyl/N-ethyl adjacent to an activating group) is 1. The molecule has 0 unspecified atom stereocenters. The van der Waals surface area contributed by atoms with Crippen LogP contribution in [0.3, 0.4) is 0 Å². The van der Waals surface area contributed by atoms with Crippen LogP contribution in [0.2, 0.25) is 0 Å². The third-order valence-electron chi connectivity index (χ3n) is 5.30. The maximum absolute atomic E-state index is 12.4. The molecule has 1 fully saturated rings. The summed E-state index contributed by atoms with van der Waals surface area (Å²) in [6.07, 6.45) is 5.71. The van der Waals surface area contributed by atoms with E-state index in [4.69, 9.17) is 4.98 Å². The number of hydrogen-bond donors (Lipinski definition) is 2. The number of aryl methyl sites for hydroxylation is 1. The average Bonchev–Trinajstić information content (AvgIpc) is 3.50. The fourth-order valence-electron chi connectivity index (χ4n) is 3.84. The van der Waals surface area contributed by atoms with Gasteiger partial charge in [-0.15, -0.1) is 0 Å². The van der Waals surface area contributed by atoms with Gasteiger partial charge in [0.2, 0.25) is 5.95 Å². The first-order valence-corrected chi connectivity index (χ1v) is 10.7. The number of hydrogen-bond acceptors (Lipinski definition) is 6. The Morgan fingerprint density at radius 1 is 1.16 bits per heavy atom. The molecule has 0 atom stereocenters. The van der Waals surface area contributed by atoms with Crippen LogP contribution in [-0.4, -0.2) is 58.0 Å². The molecule has 2 heterocycles. The van der Waals surface area contributed by atoms with Gasteiger partial charge in [0, 0.05) is 35.9 Å². The summed E-state index contributed by atoms with van der Waals surface area (Å²) in [6, 6.07) is 8.28. The summed E-state index contributed by atoms with van der Waals surface area (Å²) < 4.78 is 0. The van der Waals surface area contributed by atoms with E-state index in [9.17, 15) is 4.79 Å². The Bertz CT molecular complexity index is 1120. The van der Waals surface area contributed by atoms with Crippen molar-refractivity contribution >= 4 is 22.8 Å². The van der Waals surface area contributed by atoms with Crippen molar-refractivity contribution in [3.05, 3.63) is 47.9 Å². The molecule has 3 aromatic rings. The lowest BCUT2D eigenvalue weighted by atomic mass is 10.00. The molecular weight excluding hydrogens is 388 g/mol. The smallest absolute Gasteiger partial charge is 0.270 e. The first-order valence-electron chi connectivity index (χ1n) is 10.7. The molecule has 2 aromatic heterocycles. The molecule has 1 aliphatic rings. The Labute approximate surface area is 183 Å². The highest BCUT2D eigenvalue weighted by Crippen LogP contribution is 2.28. The van der Waals surface area contributed by atoms with Gasteiger partial charge in [-0.2, -0.15) is 0 Å². The van der Waals surface area contributed by atoms with Crippen molar-refractivity contribution in [1.29, 1.82) is 0 Å². The van der Waals surface area contributed by atoms with E-state index in [-0.39, 0.29) is 11.4 Å². The number of nitrogens with zero attached hydrogens (tertiary/aromatic N) is 4. The molecule has 0 saturated heterocycles. The van der Waals surface area contributed by atoms with Gasteiger partial charge in [-0.1, -0.05) is 6.07 Å². The monoisotopic (exact) mass is 418 g/mol. The van der Waals surface area contributed by atoms with E-state index in [0.29, 0.717) is 17.7 Å². The number of carbonyl (C=O) groups excluding carboxylic acids is 1. The number of fused-ring (bicyclic) bond motifs is 1. The quantitative estimate of drug-likeness (QED) is 0.609. The molecule has 4 rings (SSSR count). The summed E-state index contributed by atoms with van der Waals surface area (Å²) >= 11 is 0. The lowest BCUT2D eigenvalue weighted by Gasteiger charge is -2.29. The molecule has 31 heavy (non-hydrogen) atoms. The van der Waals surface area contributed by atoms with Crippen LogP contribution < -0.4 is 10.6 Å². The highest BCUT2D eigenvalue weighted by molar-refractivity contribution is 5.94. The number of pyridine rings is 1. The minimum Gasteiger partial charge on any atom is -0.348 e. The SMILES string of the molecule is Cc1cnc(C(=O)NC2CC2)cc1-c1ccc2nc(NC(C)(C)CN(C)C)ncc2c1. The molecule has 2 N–H and O–H groups in total. The Morgan fingerprint density at radius 3 is 2.65 bits per heavy atom. The minimum atomic E-state index is -0.150. The van der Waals surface area contributed by atoms with Gasteiger partial charge in [-0.25, -0.2) is 9.97 Å². The molecule has 162 valence electrons. The Morgan fingerprint density at radius 2 is 1.94 bits per heavy atom. The predicted molar refractivity (Wildman–Crippen MR) is 124 cm³/mol. The van der Waals surface area contributed by atoms with Crippen molar-refractivity contribution in [1.82, 2.24) is 25.2 Å². The number of nitrogens with one attached hydrogen (secondary N) is 2. The molecule has 0 aliphatic heterocycles. The molecule has 0 spiro atoms. The number of benzene rings is 1. The zero-order valence-electron chi connectivity index (χ0n) is 18.9. The summed E-state index contributed by atoms with van der Waals surface area (Å²) in [5.41, 5.74) is 4.21. The summed E-state index contributed by atoms with van der Waals surface area (Å²) in [6.45, 7) is 7.14. The molecule has 7 heteroatoms. The van der Waals surface area contributed by atoms with Crippen LogP contribution in [0.25, 0.3) is 22.0 Å². The number of anilines is 1. The van der Waals surface area contributed by atoms with Crippen molar-refractivity contribution in [3.63, 3.8) is 0 Å². The highest BCUT2D eigenvalue weighted by Gasteiger charge is 2.24. The third-order valence-corrected chi connectivity index (χ3v) is 5.30. The standard InChI is InChI=1S/C24H30N6O/c1-15-12-25-21(22(31)27-18-7-8-18)11-19(15)16-6-9-20-17(10-16)13-26-23(28-20)29-24(2,3)14-30(4)5/h6,9-13,18H,7-8,14H2,1-5H3,(H,27,31)(H,26,28,29). The highest BCUT2D eigenvalue weighted by atomic mass is 16.2. The van der Waals surface area contributed by atoms with E-state index >= 15 is 0 Å². The van der Waals surface area contributed by atoms with Crippen molar-refractivity contribution in [2.45, 2.75) is 45.2 Å². The maximum Gasteiger partial charge on any atom is 0.270 e. The summed E-state index contributed by atoms with van der Waals surface area (Å²) in [4.78, 5) is 28.1. The van der Waals surface area contributed by atoms with Crippen LogP contribution >= 0.6 is 0 Å². The zero-order chi connectivity index (χ0) is 22.2. The van der Waals surface area contributed by atoms with E-state index in [1.54, 1.807) is 6.20 Å². The Kier molecular flexibility index (Phi) is 5.62. The van der Waals surface area contributed by atoms with Crippen molar-refractivity contribution in [2.24, 2.45) is 0 Å². The molecule has 1 amide bonds. The Balaban J connectivity index is 1.60. The molecule has 1 aromatic carbocycles. The predicted octanol–water partition coefficient (Wildman–Crippen LogP) is 3.64. The second kappa shape index (κ2) is 8.23. The van der Waals surface area contributed by atoms with E-state index in [0.717, 1.165) is 47.0 Å². The van der Waals surface area contributed by atoms with Gasteiger partial charge < -0.3 is 15.5 Å². The van der Waals surface area contributed by atoms with Gasteiger partial charge >= 0.3 is 0 Å². The molecule has 0 radical (unpaired) electrons. The van der Waals surface area contributed by atoms with Gasteiger partial charge in [0.25, 0.3) is 5.91 Å². The lowest BCUT2D eigenvalue weighted by molar-refractivity contribution is 0.0946. The second-order valence-corrected chi connectivity index (χ2v) is 9.35. The van der Waals surface area contributed by atoms with Crippen LogP contribution in [0.15, 0.2) is 36.7 Å². The van der Waals surface area contributed by atoms with Crippen molar-refractivity contribution in [3.8, 4) is 11.1 Å². The molecule has 7 nitrogen and oxygen atoms in total. The van der Waals surface area contributed by atoms with E-state index < -0.39 is 0 Å². The largest absolute Gasteiger partial charge is 0.348 e. The lowest BCUT2D eigenvalue weighted by Crippen LogP contribution is -2.41. The van der Waals surface area contributed by atoms with Crippen LogP contribution in [-0.2, 0) is 0 Å². The Hall–Kier alpha value is -3.06. The molecular formula is C24H30N6O. The van der Waals surface area contributed by atoms with Crippen LogP contribution in [0.1, 0.15) is 42.7 Å². The van der Waals surface area contributed by atoms with Gasteiger partial charge in [-0.3, -0.25) is 9.78 Å². The number of amides is 1. The minimum absolute atomic E-state index is 0.107. The molecule has 1 aliphatic carbocycles. The normalized spacial score (nSPS) is 14.1. The summed E-state index contributed by atoms with van der Waals surface area (Å²) in [5.74, 6) is 0.509. The van der Waals surface area contributed by atoms with Gasteiger partial charge in [0.05, 0.1) is 5.52 Å². The van der Waals surface area contributed by atoms with Crippen molar-refractivity contribution in [2.75, 3.05) is 26.0 Å². The number of carbonyl (C=O) groups is 1. The maximum atomic E-state index is 12.4. The zero-order valence-corrected chi connectivity index (χ0v) is 18.9. The van der Waals surface area contributed by atoms with E-state index in [1.165, 1.54) is 0 Å². The summed E-state index contributed by atoms with van der Waals surface area (Å²) in [5, 5.41) is 7.38.